The van der Waals surface area contributed by atoms with Crippen LogP contribution in [0.2, 0.25) is 0 Å². The molecule has 0 spiro atoms. The number of anilines is 1. The van der Waals surface area contributed by atoms with Gasteiger partial charge in [-0.05, 0) is 54.6 Å². The Morgan fingerprint density at radius 1 is 0.963 bits per heavy atom. The summed E-state index contributed by atoms with van der Waals surface area (Å²) in [6.45, 7) is 6.58. The quantitative estimate of drug-likeness (QED) is 0.689. The Morgan fingerprint density at radius 3 is 2.48 bits per heavy atom. The summed E-state index contributed by atoms with van der Waals surface area (Å²) in [7, 11) is 0. The van der Waals surface area contributed by atoms with Crippen molar-refractivity contribution < 1.29 is 4.79 Å². The summed E-state index contributed by atoms with van der Waals surface area (Å²) >= 11 is 0. The van der Waals surface area contributed by atoms with E-state index in [1.807, 2.05) is 11.0 Å². The highest BCUT2D eigenvalue weighted by Gasteiger charge is 2.20. The number of hydrogen-bond acceptors (Lipinski definition) is 2. The zero-order valence-electron chi connectivity index (χ0n) is 16.0. The maximum Gasteiger partial charge on any atom is 0.223 e. The van der Waals surface area contributed by atoms with Gasteiger partial charge < -0.3 is 14.4 Å². The number of aromatic nitrogens is 1. The smallest absolute Gasteiger partial charge is 0.223 e. The van der Waals surface area contributed by atoms with Crippen molar-refractivity contribution in [2.75, 3.05) is 31.1 Å². The molecule has 140 valence electrons. The number of benzene rings is 2. The maximum atomic E-state index is 12.6. The second-order valence-electron chi connectivity index (χ2n) is 7.20. The number of hydrogen-bond donors (Lipinski definition) is 0. The molecule has 2 heterocycles. The zero-order chi connectivity index (χ0) is 18.6. The van der Waals surface area contributed by atoms with Crippen LogP contribution < -0.4 is 4.90 Å². The lowest BCUT2D eigenvalue weighted by molar-refractivity contribution is -0.131. The molecule has 0 unspecified atom stereocenters. The fourth-order valence-corrected chi connectivity index (χ4v) is 3.94. The Bertz CT molecular complexity index is 908. The third-order valence-electron chi connectivity index (χ3n) is 5.56. The number of rotatable bonds is 5. The fourth-order valence-electron chi connectivity index (χ4n) is 3.94. The Labute approximate surface area is 161 Å². The van der Waals surface area contributed by atoms with Gasteiger partial charge in [0.05, 0.1) is 0 Å². The van der Waals surface area contributed by atoms with Crippen LogP contribution in [0, 0.1) is 0 Å². The van der Waals surface area contributed by atoms with Crippen LogP contribution >= 0.6 is 0 Å². The van der Waals surface area contributed by atoms with Gasteiger partial charge in [0.15, 0.2) is 0 Å². The summed E-state index contributed by atoms with van der Waals surface area (Å²) in [5.41, 5.74) is 3.76. The first-order valence-electron chi connectivity index (χ1n) is 9.90. The predicted octanol–water partition coefficient (Wildman–Crippen LogP) is 3.94. The third-order valence-corrected chi connectivity index (χ3v) is 5.56. The highest BCUT2D eigenvalue weighted by Crippen LogP contribution is 2.20. The lowest BCUT2D eigenvalue weighted by Crippen LogP contribution is -2.48. The van der Waals surface area contributed by atoms with Crippen LogP contribution in [-0.2, 0) is 17.8 Å². The molecule has 0 aliphatic carbocycles. The molecule has 4 rings (SSSR count). The Kier molecular flexibility index (Phi) is 5.14. The Balaban J connectivity index is 1.31. The number of aryl methyl sites for hydroxylation is 2. The van der Waals surface area contributed by atoms with Gasteiger partial charge in [-0.25, -0.2) is 0 Å². The van der Waals surface area contributed by atoms with Gasteiger partial charge in [-0.15, -0.1) is 0 Å². The molecule has 1 amide bonds. The molecule has 1 fully saturated rings. The molecule has 1 aliphatic rings. The van der Waals surface area contributed by atoms with E-state index in [2.05, 4.69) is 71.1 Å². The molecular weight excluding hydrogens is 334 g/mol. The first-order valence-corrected chi connectivity index (χ1v) is 9.90. The van der Waals surface area contributed by atoms with E-state index >= 15 is 0 Å². The first-order chi connectivity index (χ1) is 13.2. The van der Waals surface area contributed by atoms with Crippen molar-refractivity contribution in [3.63, 3.8) is 0 Å². The van der Waals surface area contributed by atoms with Crippen molar-refractivity contribution >= 4 is 22.5 Å². The van der Waals surface area contributed by atoms with Crippen LogP contribution in [-0.4, -0.2) is 41.6 Å². The average Bonchev–Trinajstić information content (AvgIpc) is 3.15. The molecule has 3 aromatic rings. The van der Waals surface area contributed by atoms with E-state index in [0.717, 1.165) is 39.1 Å². The molecule has 0 atom stereocenters. The van der Waals surface area contributed by atoms with Gasteiger partial charge in [-0.3, -0.25) is 4.79 Å². The maximum absolute atomic E-state index is 12.6. The normalized spacial score (nSPS) is 14.7. The average molecular weight is 361 g/mol. The van der Waals surface area contributed by atoms with Gasteiger partial charge in [-0.1, -0.05) is 24.3 Å². The van der Waals surface area contributed by atoms with Gasteiger partial charge >= 0.3 is 0 Å². The number of carbonyl (C=O) groups excluding carboxylic acids is 1. The van der Waals surface area contributed by atoms with Gasteiger partial charge in [-0.2, -0.15) is 0 Å². The number of nitrogens with zero attached hydrogens (tertiary/aromatic N) is 3. The molecule has 0 bridgehead atoms. The summed E-state index contributed by atoms with van der Waals surface area (Å²) in [5.74, 6) is 0.272. The molecule has 2 aromatic carbocycles. The molecule has 1 aliphatic heterocycles. The van der Waals surface area contributed by atoms with Crippen molar-refractivity contribution in [2.45, 2.75) is 26.3 Å². The molecule has 0 N–H and O–H groups in total. The van der Waals surface area contributed by atoms with Gasteiger partial charge in [0.1, 0.15) is 0 Å². The van der Waals surface area contributed by atoms with Crippen molar-refractivity contribution in [1.82, 2.24) is 9.47 Å². The first kappa shape index (κ1) is 17.7. The largest absolute Gasteiger partial charge is 0.368 e. The van der Waals surface area contributed by atoms with Gasteiger partial charge in [0.2, 0.25) is 5.91 Å². The molecule has 1 saturated heterocycles. The summed E-state index contributed by atoms with van der Waals surface area (Å²) in [6, 6.07) is 19.2. The van der Waals surface area contributed by atoms with Crippen molar-refractivity contribution in [3.05, 3.63) is 66.4 Å². The number of carbonyl (C=O) groups is 1. The van der Waals surface area contributed by atoms with Crippen LogP contribution in [0.25, 0.3) is 10.9 Å². The Hall–Kier alpha value is -2.75. The monoisotopic (exact) mass is 361 g/mol. The van der Waals surface area contributed by atoms with Crippen LogP contribution in [0.4, 0.5) is 5.69 Å². The summed E-state index contributed by atoms with van der Waals surface area (Å²) in [6.07, 6.45) is 3.53. The summed E-state index contributed by atoms with van der Waals surface area (Å²) in [4.78, 5) is 17.0. The van der Waals surface area contributed by atoms with E-state index in [0.29, 0.717) is 6.42 Å². The summed E-state index contributed by atoms with van der Waals surface area (Å²) < 4.78 is 2.25. The highest BCUT2D eigenvalue weighted by atomic mass is 16.2. The van der Waals surface area contributed by atoms with Crippen LogP contribution in [0.15, 0.2) is 60.8 Å². The third kappa shape index (κ3) is 3.85. The van der Waals surface area contributed by atoms with Crippen molar-refractivity contribution in [2.24, 2.45) is 0 Å². The Morgan fingerprint density at radius 2 is 1.74 bits per heavy atom. The zero-order valence-corrected chi connectivity index (χ0v) is 16.0. The minimum absolute atomic E-state index is 0.272. The van der Waals surface area contributed by atoms with E-state index in [1.165, 1.54) is 22.2 Å². The predicted molar refractivity (Wildman–Crippen MR) is 111 cm³/mol. The molecule has 4 nitrogen and oxygen atoms in total. The van der Waals surface area contributed by atoms with E-state index in [9.17, 15) is 4.79 Å². The molecule has 0 saturated carbocycles. The second-order valence-corrected chi connectivity index (χ2v) is 7.20. The minimum Gasteiger partial charge on any atom is -0.368 e. The SMILES string of the molecule is CCn1ccc2cc(CCC(=O)N3CCN(c4ccccc4)CC3)ccc21. The molecule has 0 radical (unpaired) electrons. The molecular formula is C23H27N3O. The van der Waals surface area contributed by atoms with Crippen LogP contribution in [0.1, 0.15) is 18.9 Å². The van der Waals surface area contributed by atoms with E-state index in [-0.39, 0.29) is 5.91 Å². The van der Waals surface area contributed by atoms with E-state index < -0.39 is 0 Å². The minimum atomic E-state index is 0.272. The number of fused-ring (bicyclic) bond motifs is 1. The number of piperazine rings is 1. The molecule has 1 aromatic heterocycles. The second kappa shape index (κ2) is 7.87. The highest BCUT2D eigenvalue weighted by molar-refractivity contribution is 5.81. The number of para-hydroxylation sites is 1. The van der Waals surface area contributed by atoms with Gasteiger partial charge in [0.25, 0.3) is 0 Å². The van der Waals surface area contributed by atoms with Crippen molar-refractivity contribution in [1.29, 1.82) is 0 Å². The van der Waals surface area contributed by atoms with Gasteiger partial charge in [0, 0.05) is 56.5 Å². The van der Waals surface area contributed by atoms with E-state index in [1.54, 1.807) is 0 Å². The molecule has 27 heavy (non-hydrogen) atoms. The van der Waals surface area contributed by atoms with Crippen LogP contribution in [0.5, 0.6) is 0 Å². The number of amides is 1. The fraction of sp³-hybridized carbons (Fsp3) is 0.348. The summed E-state index contributed by atoms with van der Waals surface area (Å²) in [5, 5.41) is 1.26. The lowest BCUT2D eigenvalue weighted by atomic mass is 10.1. The lowest BCUT2D eigenvalue weighted by Gasteiger charge is -2.36. The standard InChI is InChI=1S/C23H27N3O/c1-2-24-13-12-20-18-19(8-10-22(20)24)9-11-23(27)26-16-14-25(15-17-26)21-6-4-3-5-7-21/h3-8,10,12-13,18H,2,9,11,14-17H2,1H3. The van der Waals surface area contributed by atoms with E-state index in [4.69, 9.17) is 0 Å². The molecule has 4 heteroatoms. The van der Waals surface area contributed by atoms with Crippen LogP contribution in [0.3, 0.4) is 0 Å². The van der Waals surface area contributed by atoms with Crippen molar-refractivity contribution in [3.8, 4) is 0 Å². The topological polar surface area (TPSA) is 28.5 Å².